The number of nitrogens with one attached hydrogen (secondary N) is 1. The van der Waals surface area contributed by atoms with Gasteiger partial charge in [-0.05, 0) is 48.9 Å². The first-order valence-corrected chi connectivity index (χ1v) is 8.77. The van der Waals surface area contributed by atoms with Gasteiger partial charge < -0.3 is 4.90 Å². The first kappa shape index (κ1) is 14.5. The van der Waals surface area contributed by atoms with Crippen LogP contribution in [0, 0.1) is 5.92 Å². The lowest BCUT2D eigenvalue weighted by Gasteiger charge is -2.14. The Morgan fingerprint density at radius 2 is 2.05 bits per heavy atom. The van der Waals surface area contributed by atoms with Crippen LogP contribution in [0.2, 0.25) is 0 Å². The molecule has 0 bridgehead atoms. The Morgan fingerprint density at radius 3 is 2.71 bits per heavy atom. The van der Waals surface area contributed by atoms with Gasteiger partial charge in [-0.15, -0.1) is 0 Å². The number of nitrogens with zero attached hydrogens (tertiary/aromatic N) is 1. The van der Waals surface area contributed by atoms with E-state index in [0.717, 1.165) is 30.5 Å². The van der Waals surface area contributed by atoms with Crippen molar-refractivity contribution in [3.05, 3.63) is 23.8 Å². The van der Waals surface area contributed by atoms with E-state index in [-0.39, 0.29) is 23.3 Å². The van der Waals surface area contributed by atoms with E-state index in [9.17, 15) is 13.2 Å². The van der Waals surface area contributed by atoms with Gasteiger partial charge in [-0.25, -0.2) is 13.1 Å². The van der Waals surface area contributed by atoms with E-state index >= 15 is 0 Å². The maximum Gasteiger partial charge on any atom is 0.240 e. The molecule has 2 unspecified atom stereocenters. The van der Waals surface area contributed by atoms with Gasteiger partial charge in [-0.3, -0.25) is 4.79 Å². The largest absolute Gasteiger partial charge is 0.315 e. The van der Waals surface area contributed by atoms with Gasteiger partial charge in [0.05, 0.1) is 11.3 Å². The Balaban J connectivity index is 1.84. The monoisotopic (exact) mass is 308 g/mol. The van der Waals surface area contributed by atoms with Gasteiger partial charge in [-0.1, -0.05) is 6.92 Å². The van der Waals surface area contributed by atoms with E-state index in [1.807, 2.05) is 0 Å². The van der Waals surface area contributed by atoms with Crippen LogP contribution in [0.5, 0.6) is 0 Å². The molecular formula is C15H20N2O3S. The number of anilines is 1. The van der Waals surface area contributed by atoms with E-state index in [2.05, 4.69) is 11.6 Å². The molecule has 1 N–H and O–H groups in total. The summed E-state index contributed by atoms with van der Waals surface area (Å²) in [6, 6.07) is 4.94. The van der Waals surface area contributed by atoms with E-state index in [0.29, 0.717) is 5.92 Å². The highest BCUT2D eigenvalue weighted by Gasteiger charge is 2.29. The number of fused-ring (bicyclic) bond motifs is 1. The van der Waals surface area contributed by atoms with Crippen LogP contribution in [-0.2, 0) is 21.2 Å². The van der Waals surface area contributed by atoms with Crippen LogP contribution in [0.1, 0.15) is 31.7 Å². The first-order valence-electron chi connectivity index (χ1n) is 7.28. The van der Waals surface area contributed by atoms with Crippen LogP contribution in [0.25, 0.3) is 0 Å². The van der Waals surface area contributed by atoms with Crippen LogP contribution in [-0.4, -0.2) is 27.4 Å². The molecular weight excluding hydrogens is 288 g/mol. The number of sulfonamides is 1. The van der Waals surface area contributed by atoms with Crippen LogP contribution in [0.4, 0.5) is 5.69 Å². The molecule has 0 aromatic heterocycles. The number of carbonyl (C=O) groups excluding carboxylic acids is 1. The zero-order chi connectivity index (χ0) is 15.2. The second-order valence-corrected chi connectivity index (χ2v) is 7.87. The van der Waals surface area contributed by atoms with Crippen molar-refractivity contribution in [2.24, 2.45) is 5.92 Å². The molecule has 1 amide bonds. The normalized spacial score (nSPS) is 25.4. The van der Waals surface area contributed by atoms with Gasteiger partial charge in [0.15, 0.2) is 0 Å². The van der Waals surface area contributed by atoms with Crippen molar-refractivity contribution in [2.45, 2.75) is 43.5 Å². The Kier molecular flexibility index (Phi) is 3.53. The van der Waals surface area contributed by atoms with Crippen LogP contribution in [0.15, 0.2) is 23.1 Å². The maximum atomic E-state index is 12.4. The molecule has 21 heavy (non-hydrogen) atoms. The summed E-state index contributed by atoms with van der Waals surface area (Å²) in [7, 11) is -1.79. The predicted octanol–water partition coefficient (Wildman–Crippen LogP) is 1.67. The Bertz CT molecular complexity index is 684. The number of carbonyl (C=O) groups is 1. The fourth-order valence-corrected chi connectivity index (χ4v) is 4.55. The van der Waals surface area contributed by atoms with Crippen molar-refractivity contribution in [1.82, 2.24) is 4.72 Å². The van der Waals surface area contributed by atoms with Crippen LogP contribution < -0.4 is 9.62 Å². The van der Waals surface area contributed by atoms with Gasteiger partial charge in [-0.2, -0.15) is 0 Å². The quantitative estimate of drug-likeness (QED) is 0.923. The third-order valence-electron chi connectivity index (χ3n) is 4.46. The fourth-order valence-electron chi connectivity index (χ4n) is 3.22. The minimum absolute atomic E-state index is 0.00266. The van der Waals surface area contributed by atoms with Crippen molar-refractivity contribution >= 4 is 21.6 Å². The van der Waals surface area contributed by atoms with Gasteiger partial charge in [0, 0.05) is 18.8 Å². The number of hydrogen-bond donors (Lipinski definition) is 1. The van der Waals surface area contributed by atoms with Gasteiger partial charge in [0.2, 0.25) is 15.9 Å². The molecule has 0 radical (unpaired) electrons. The summed E-state index contributed by atoms with van der Waals surface area (Å²) in [4.78, 5) is 13.5. The van der Waals surface area contributed by atoms with Crippen molar-refractivity contribution in [3.8, 4) is 0 Å². The number of benzene rings is 1. The zero-order valence-corrected chi connectivity index (χ0v) is 13.1. The van der Waals surface area contributed by atoms with E-state index in [4.69, 9.17) is 0 Å². The number of hydrogen-bond acceptors (Lipinski definition) is 3. The molecule has 1 aliphatic carbocycles. The van der Waals surface area contributed by atoms with E-state index < -0.39 is 10.0 Å². The van der Waals surface area contributed by atoms with Crippen molar-refractivity contribution in [1.29, 1.82) is 0 Å². The van der Waals surface area contributed by atoms with Crippen LogP contribution >= 0.6 is 0 Å². The molecule has 0 spiro atoms. The number of likely N-dealkylation sites (N-methyl/N-ethyl adjacent to an activating group) is 1. The predicted molar refractivity (Wildman–Crippen MR) is 80.7 cm³/mol. The molecule has 6 heteroatoms. The summed E-state index contributed by atoms with van der Waals surface area (Å²) < 4.78 is 27.7. The summed E-state index contributed by atoms with van der Waals surface area (Å²) in [5.74, 6) is 0.570. The van der Waals surface area contributed by atoms with Crippen molar-refractivity contribution in [2.75, 3.05) is 11.9 Å². The molecule has 2 atom stereocenters. The molecule has 114 valence electrons. The lowest BCUT2D eigenvalue weighted by molar-refractivity contribution is -0.117. The summed E-state index contributed by atoms with van der Waals surface area (Å²) >= 11 is 0. The summed E-state index contributed by atoms with van der Waals surface area (Å²) in [6.07, 6.45) is 3.13. The second kappa shape index (κ2) is 5.10. The van der Waals surface area contributed by atoms with Gasteiger partial charge in [0.1, 0.15) is 0 Å². The van der Waals surface area contributed by atoms with Crippen LogP contribution in [0.3, 0.4) is 0 Å². The lowest BCUT2D eigenvalue weighted by Crippen LogP contribution is -2.33. The molecule has 1 aromatic carbocycles. The molecule has 2 aliphatic rings. The average Bonchev–Trinajstić information content (AvgIpc) is 2.93. The first-order chi connectivity index (χ1) is 9.87. The topological polar surface area (TPSA) is 66.5 Å². The second-order valence-electron chi connectivity index (χ2n) is 6.16. The Hall–Kier alpha value is -1.40. The average molecular weight is 308 g/mol. The molecule has 0 saturated heterocycles. The van der Waals surface area contributed by atoms with E-state index in [1.54, 1.807) is 30.1 Å². The highest BCUT2D eigenvalue weighted by Crippen LogP contribution is 2.30. The molecule has 5 nitrogen and oxygen atoms in total. The standard InChI is InChI=1S/C15H20N2O3S/c1-10-3-4-12(7-10)16-21(19,20)13-5-6-14-11(8-13)9-15(18)17(14)2/h5-6,8,10,12,16H,3-4,7,9H2,1-2H3. The van der Waals surface area contributed by atoms with Gasteiger partial charge >= 0.3 is 0 Å². The highest BCUT2D eigenvalue weighted by atomic mass is 32.2. The highest BCUT2D eigenvalue weighted by molar-refractivity contribution is 7.89. The molecule has 1 aliphatic heterocycles. The molecule has 3 rings (SSSR count). The van der Waals surface area contributed by atoms with E-state index in [1.165, 1.54) is 0 Å². The Labute approximate surface area is 125 Å². The summed E-state index contributed by atoms with van der Waals surface area (Å²) in [5, 5.41) is 0. The smallest absolute Gasteiger partial charge is 0.240 e. The molecule has 1 saturated carbocycles. The Morgan fingerprint density at radius 1 is 1.29 bits per heavy atom. The third-order valence-corrected chi connectivity index (χ3v) is 5.97. The molecule has 1 aromatic rings. The van der Waals surface area contributed by atoms with Gasteiger partial charge in [0.25, 0.3) is 0 Å². The summed E-state index contributed by atoms with van der Waals surface area (Å²) in [5.41, 5.74) is 1.58. The SMILES string of the molecule is CC1CCC(NS(=O)(=O)c2ccc3c(c2)CC(=O)N3C)C1. The minimum atomic E-state index is -3.50. The number of amides is 1. The maximum absolute atomic E-state index is 12.4. The lowest BCUT2D eigenvalue weighted by atomic mass is 10.1. The molecule has 1 heterocycles. The van der Waals surface area contributed by atoms with Crippen molar-refractivity contribution in [3.63, 3.8) is 0 Å². The third kappa shape index (κ3) is 2.70. The minimum Gasteiger partial charge on any atom is -0.315 e. The zero-order valence-electron chi connectivity index (χ0n) is 12.3. The van der Waals surface area contributed by atoms with Crippen molar-refractivity contribution < 1.29 is 13.2 Å². The molecule has 1 fully saturated rings. The number of rotatable bonds is 3. The summed E-state index contributed by atoms with van der Waals surface area (Å²) in [6.45, 7) is 2.14. The fraction of sp³-hybridized carbons (Fsp3) is 0.533.